The van der Waals surface area contributed by atoms with Crippen LogP contribution in [0.4, 0.5) is 4.39 Å². The number of carbonyl (C=O) groups is 2. The molecule has 1 aromatic carbocycles. The van der Waals surface area contributed by atoms with Gasteiger partial charge < -0.3 is 10.1 Å². The molecular weight excluding hydrogens is 323 g/mol. The molecule has 0 aromatic heterocycles. The van der Waals surface area contributed by atoms with E-state index in [0.717, 1.165) is 13.1 Å². The van der Waals surface area contributed by atoms with E-state index in [1.165, 1.54) is 43.5 Å². The van der Waals surface area contributed by atoms with E-state index < -0.39 is 0 Å². The van der Waals surface area contributed by atoms with Gasteiger partial charge in [0.1, 0.15) is 5.82 Å². The fraction of sp³-hybridized carbons (Fsp3) is 0.579. The zero-order chi connectivity index (χ0) is 17.6. The SMILES string of the molecule is O=C(CCC(=O)c1ccc(F)cc1)N[C@H]1COC[C@@H]1N1CCCCC1. The summed E-state index contributed by atoms with van der Waals surface area (Å²) in [5, 5.41) is 3.02. The topological polar surface area (TPSA) is 58.6 Å². The van der Waals surface area contributed by atoms with Crippen LogP contribution in [0, 0.1) is 5.82 Å². The zero-order valence-corrected chi connectivity index (χ0v) is 14.4. The molecule has 2 aliphatic heterocycles. The van der Waals surface area contributed by atoms with Gasteiger partial charge in [0.15, 0.2) is 5.78 Å². The minimum absolute atomic E-state index is 0.00785. The van der Waals surface area contributed by atoms with Crippen LogP contribution in [0.1, 0.15) is 42.5 Å². The van der Waals surface area contributed by atoms with E-state index in [1.807, 2.05) is 0 Å². The molecule has 2 fully saturated rings. The van der Waals surface area contributed by atoms with E-state index in [9.17, 15) is 14.0 Å². The van der Waals surface area contributed by atoms with Crippen molar-refractivity contribution >= 4 is 11.7 Å². The Morgan fingerprint density at radius 2 is 1.80 bits per heavy atom. The Hall–Kier alpha value is -1.79. The first kappa shape index (κ1) is 18.0. The lowest BCUT2D eigenvalue weighted by Gasteiger charge is -2.34. The van der Waals surface area contributed by atoms with Crippen molar-refractivity contribution in [1.29, 1.82) is 0 Å². The summed E-state index contributed by atoms with van der Waals surface area (Å²) in [5.41, 5.74) is 0.435. The molecule has 1 N–H and O–H groups in total. The molecule has 25 heavy (non-hydrogen) atoms. The Morgan fingerprint density at radius 1 is 1.08 bits per heavy atom. The molecule has 2 saturated heterocycles. The van der Waals surface area contributed by atoms with E-state index in [0.29, 0.717) is 18.8 Å². The molecule has 2 heterocycles. The van der Waals surface area contributed by atoms with Gasteiger partial charge in [-0.15, -0.1) is 0 Å². The molecule has 2 aliphatic rings. The number of nitrogens with one attached hydrogen (secondary N) is 1. The van der Waals surface area contributed by atoms with Crippen molar-refractivity contribution in [2.24, 2.45) is 0 Å². The fourth-order valence-corrected chi connectivity index (χ4v) is 3.58. The van der Waals surface area contributed by atoms with Crippen molar-refractivity contribution in [3.63, 3.8) is 0 Å². The molecule has 0 unspecified atom stereocenters. The highest BCUT2D eigenvalue weighted by Crippen LogP contribution is 2.19. The highest BCUT2D eigenvalue weighted by molar-refractivity contribution is 5.97. The van der Waals surface area contributed by atoms with Gasteiger partial charge in [0, 0.05) is 18.4 Å². The second-order valence-corrected chi connectivity index (χ2v) is 6.81. The van der Waals surface area contributed by atoms with Crippen LogP contribution < -0.4 is 5.32 Å². The first-order chi connectivity index (χ1) is 12.1. The first-order valence-electron chi connectivity index (χ1n) is 9.03. The van der Waals surface area contributed by atoms with E-state index in [1.54, 1.807) is 0 Å². The number of likely N-dealkylation sites (tertiary alicyclic amines) is 1. The smallest absolute Gasteiger partial charge is 0.220 e. The van der Waals surface area contributed by atoms with Crippen LogP contribution in [0.3, 0.4) is 0 Å². The summed E-state index contributed by atoms with van der Waals surface area (Å²) >= 11 is 0. The van der Waals surface area contributed by atoms with Crippen LogP contribution in [0.2, 0.25) is 0 Å². The summed E-state index contributed by atoms with van der Waals surface area (Å²) < 4.78 is 18.5. The van der Waals surface area contributed by atoms with Crippen molar-refractivity contribution < 1.29 is 18.7 Å². The van der Waals surface area contributed by atoms with Gasteiger partial charge in [-0.05, 0) is 50.2 Å². The van der Waals surface area contributed by atoms with Crippen LogP contribution >= 0.6 is 0 Å². The number of rotatable bonds is 6. The third kappa shape index (κ3) is 4.86. The molecule has 3 rings (SSSR count). The Labute approximate surface area is 147 Å². The highest BCUT2D eigenvalue weighted by Gasteiger charge is 2.34. The lowest BCUT2D eigenvalue weighted by Crippen LogP contribution is -2.52. The van der Waals surface area contributed by atoms with Gasteiger partial charge in [0.2, 0.25) is 5.91 Å². The quantitative estimate of drug-likeness (QED) is 0.801. The maximum Gasteiger partial charge on any atom is 0.220 e. The van der Waals surface area contributed by atoms with Gasteiger partial charge in [0.25, 0.3) is 0 Å². The van der Waals surface area contributed by atoms with Crippen molar-refractivity contribution in [1.82, 2.24) is 10.2 Å². The maximum absolute atomic E-state index is 12.9. The molecule has 0 saturated carbocycles. The summed E-state index contributed by atoms with van der Waals surface area (Å²) in [7, 11) is 0. The Balaban J connectivity index is 1.46. The Bertz CT molecular complexity index is 599. The van der Waals surface area contributed by atoms with Gasteiger partial charge in [-0.2, -0.15) is 0 Å². The van der Waals surface area contributed by atoms with Gasteiger partial charge in [-0.1, -0.05) is 6.42 Å². The second kappa shape index (κ2) is 8.54. The predicted molar refractivity (Wildman–Crippen MR) is 91.9 cm³/mol. The molecule has 2 atom stereocenters. The lowest BCUT2D eigenvalue weighted by molar-refractivity contribution is -0.122. The highest BCUT2D eigenvalue weighted by atomic mass is 19.1. The standard InChI is InChI=1S/C19H25FN2O3/c20-15-6-4-14(5-7-15)18(23)8-9-19(24)21-16-12-25-13-17(16)22-10-2-1-3-11-22/h4-7,16-17H,1-3,8-13H2,(H,21,24)/t16-,17-/m0/s1. The van der Waals surface area contributed by atoms with Crippen LogP contribution in [-0.4, -0.2) is 55.0 Å². The minimum atomic E-state index is -0.376. The van der Waals surface area contributed by atoms with E-state index in [2.05, 4.69) is 10.2 Å². The average Bonchev–Trinajstić information content (AvgIpc) is 3.09. The fourth-order valence-electron chi connectivity index (χ4n) is 3.58. The van der Waals surface area contributed by atoms with Crippen LogP contribution in [0.15, 0.2) is 24.3 Å². The van der Waals surface area contributed by atoms with Gasteiger partial charge in [0.05, 0.1) is 25.3 Å². The van der Waals surface area contributed by atoms with E-state index in [4.69, 9.17) is 4.74 Å². The summed E-state index contributed by atoms with van der Waals surface area (Å²) in [5.74, 6) is -0.655. The summed E-state index contributed by atoms with van der Waals surface area (Å²) in [4.78, 5) is 26.7. The molecule has 1 amide bonds. The van der Waals surface area contributed by atoms with E-state index in [-0.39, 0.29) is 42.4 Å². The molecule has 1 aromatic rings. The number of ether oxygens (including phenoxy) is 1. The monoisotopic (exact) mass is 348 g/mol. The third-order valence-electron chi connectivity index (χ3n) is 5.00. The zero-order valence-electron chi connectivity index (χ0n) is 14.4. The number of hydrogen-bond acceptors (Lipinski definition) is 4. The second-order valence-electron chi connectivity index (χ2n) is 6.81. The van der Waals surface area contributed by atoms with Gasteiger partial charge in [-0.3, -0.25) is 14.5 Å². The number of nitrogens with zero attached hydrogens (tertiary/aromatic N) is 1. The molecule has 0 bridgehead atoms. The number of piperidine rings is 1. The molecule has 0 spiro atoms. The molecule has 6 heteroatoms. The molecule has 0 aliphatic carbocycles. The van der Waals surface area contributed by atoms with Crippen molar-refractivity contribution in [3.05, 3.63) is 35.6 Å². The largest absolute Gasteiger partial charge is 0.378 e. The number of amides is 1. The third-order valence-corrected chi connectivity index (χ3v) is 5.00. The Kier molecular flexibility index (Phi) is 6.15. The molecule has 136 valence electrons. The van der Waals surface area contributed by atoms with E-state index >= 15 is 0 Å². The average molecular weight is 348 g/mol. The first-order valence-corrected chi connectivity index (χ1v) is 9.03. The number of Topliss-reactive ketones (excluding diaryl/α,β-unsaturated/α-hetero) is 1. The number of halogens is 1. The number of benzene rings is 1. The normalized spacial score (nSPS) is 24.2. The summed E-state index contributed by atoms with van der Waals surface area (Å²) in [6.45, 7) is 3.30. The maximum atomic E-state index is 12.9. The van der Waals surface area contributed by atoms with Gasteiger partial charge >= 0.3 is 0 Å². The molecule has 0 radical (unpaired) electrons. The minimum Gasteiger partial charge on any atom is -0.378 e. The van der Waals surface area contributed by atoms with Gasteiger partial charge in [-0.25, -0.2) is 4.39 Å². The number of carbonyl (C=O) groups excluding carboxylic acids is 2. The van der Waals surface area contributed by atoms with Crippen LogP contribution in [0.25, 0.3) is 0 Å². The van der Waals surface area contributed by atoms with Crippen molar-refractivity contribution in [3.8, 4) is 0 Å². The number of hydrogen-bond donors (Lipinski definition) is 1. The number of ketones is 1. The molecule has 5 nitrogen and oxygen atoms in total. The van der Waals surface area contributed by atoms with Crippen LogP contribution in [-0.2, 0) is 9.53 Å². The van der Waals surface area contributed by atoms with Crippen molar-refractivity contribution in [2.75, 3.05) is 26.3 Å². The summed E-state index contributed by atoms with van der Waals surface area (Å²) in [6, 6.07) is 5.64. The predicted octanol–water partition coefficient (Wildman–Crippen LogP) is 2.16. The van der Waals surface area contributed by atoms with Crippen LogP contribution in [0.5, 0.6) is 0 Å². The Morgan fingerprint density at radius 3 is 2.52 bits per heavy atom. The molecular formula is C19H25FN2O3. The summed E-state index contributed by atoms with van der Waals surface area (Å²) in [6.07, 6.45) is 3.93. The van der Waals surface area contributed by atoms with Crippen molar-refractivity contribution in [2.45, 2.75) is 44.2 Å². The lowest BCUT2D eigenvalue weighted by atomic mass is 10.0.